The van der Waals surface area contributed by atoms with Crippen LogP contribution in [0.3, 0.4) is 0 Å². The molecule has 6 nitrogen and oxygen atoms in total. The van der Waals surface area contributed by atoms with E-state index in [1.165, 1.54) is 9.87 Å². The summed E-state index contributed by atoms with van der Waals surface area (Å²) in [6, 6.07) is 18.6. The highest BCUT2D eigenvalue weighted by molar-refractivity contribution is 7.89. The average Bonchev–Trinajstić information content (AvgIpc) is 2.80. The number of hydrogen-bond acceptors (Lipinski definition) is 3. The Morgan fingerprint density at radius 1 is 1.03 bits per heavy atom. The van der Waals surface area contributed by atoms with Crippen molar-refractivity contribution in [1.29, 1.82) is 0 Å². The lowest BCUT2D eigenvalue weighted by Gasteiger charge is -2.34. The minimum absolute atomic E-state index is 0.0266. The minimum atomic E-state index is -3.47. The molecule has 2 aromatic rings. The summed E-state index contributed by atoms with van der Waals surface area (Å²) in [7, 11) is -3.47. The molecule has 2 N–H and O–H groups in total. The van der Waals surface area contributed by atoms with Crippen molar-refractivity contribution in [2.24, 2.45) is 0 Å². The average molecular weight is 431 g/mol. The molecule has 30 heavy (non-hydrogen) atoms. The van der Waals surface area contributed by atoms with Gasteiger partial charge in [0.25, 0.3) is 5.91 Å². The number of quaternary nitrogens is 1. The van der Waals surface area contributed by atoms with E-state index in [4.69, 9.17) is 0 Å². The van der Waals surface area contributed by atoms with Crippen molar-refractivity contribution < 1.29 is 18.1 Å². The third-order valence-electron chi connectivity index (χ3n) is 6.04. The van der Waals surface area contributed by atoms with Gasteiger partial charge in [0, 0.05) is 12.5 Å². The van der Waals surface area contributed by atoms with Gasteiger partial charge in [-0.15, -0.1) is 0 Å². The molecule has 1 fully saturated rings. The molecule has 1 heterocycles. The number of carbonyl (C=O) groups is 1. The van der Waals surface area contributed by atoms with Crippen molar-refractivity contribution in [3.05, 3.63) is 66.2 Å². The van der Waals surface area contributed by atoms with Gasteiger partial charge in [0.1, 0.15) is 0 Å². The summed E-state index contributed by atoms with van der Waals surface area (Å²) in [5.74, 6) is 0.323. The van der Waals surface area contributed by atoms with Crippen LogP contribution >= 0.6 is 0 Å². The SMILES string of the molecule is CC[C@H](CNC(=O)[C@@H](C)[NH+]1CCN(S(=O)(=O)c2ccccc2)CC1)c1ccccc1. The Labute approximate surface area is 179 Å². The van der Waals surface area contributed by atoms with Gasteiger partial charge in [-0.1, -0.05) is 55.5 Å². The monoisotopic (exact) mass is 430 g/mol. The van der Waals surface area contributed by atoms with Gasteiger partial charge in [-0.2, -0.15) is 4.31 Å². The van der Waals surface area contributed by atoms with Crippen molar-refractivity contribution in [2.75, 3.05) is 32.7 Å². The van der Waals surface area contributed by atoms with Crippen molar-refractivity contribution >= 4 is 15.9 Å². The van der Waals surface area contributed by atoms with E-state index in [0.717, 1.165) is 11.3 Å². The summed E-state index contributed by atoms with van der Waals surface area (Å²) in [4.78, 5) is 14.2. The van der Waals surface area contributed by atoms with Gasteiger partial charge in [-0.25, -0.2) is 8.42 Å². The first-order valence-corrected chi connectivity index (χ1v) is 12.1. The molecule has 0 unspecified atom stereocenters. The molecule has 1 amide bonds. The number of piperazine rings is 1. The summed E-state index contributed by atoms with van der Waals surface area (Å²) >= 11 is 0. The van der Waals surface area contributed by atoms with Crippen molar-refractivity contribution in [1.82, 2.24) is 9.62 Å². The molecule has 3 rings (SSSR count). The van der Waals surface area contributed by atoms with Crippen LogP contribution < -0.4 is 10.2 Å². The Morgan fingerprint density at radius 3 is 2.17 bits per heavy atom. The largest absolute Gasteiger partial charge is 0.350 e. The zero-order chi connectivity index (χ0) is 21.6. The van der Waals surface area contributed by atoms with Crippen molar-refractivity contribution in [2.45, 2.75) is 37.1 Å². The van der Waals surface area contributed by atoms with Gasteiger partial charge in [0.15, 0.2) is 6.04 Å². The molecular weight excluding hydrogens is 398 g/mol. The lowest BCUT2D eigenvalue weighted by atomic mass is 9.96. The molecule has 0 radical (unpaired) electrons. The molecule has 7 heteroatoms. The molecule has 1 aliphatic heterocycles. The smallest absolute Gasteiger partial charge is 0.278 e. The molecule has 2 atom stereocenters. The maximum atomic E-state index is 12.8. The fraction of sp³-hybridized carbons (Fsp3) is 0.435. The number of amides is 1. The van der Waals surface area contributed by atoms with Crippen LogP contribution in [0.25, 0.3) is 0 Å². The number of hydrogen-bond donors (Lipinski definition) is 2. The van der Waals surface area contributed by atoms with Gasteiger partial charge in [-0.3, -0.25) is 4.79 Å². The normalized spacial score (nSPS) is 17.9. The Balaban J connectivity index is 1.52. The highest BCUT2D eigenvalue weighted by atomic mass is 32.2. The molecule has 0 saturated carbocycles. The minimum Gasteiger partial charge on any atom is -0.350 e. The van der Waals surface area contributed by atoms with E-state index in [9.17, 15) is 13.2 Å². The number of benzene rings is 2. The Bertz CT molecular complexity index is 911. The maximum absolute atomic E-state index is 12.8. The first-order valence-electron chi connectivity index (χ1n) is 10.7. The summed E-state index contributed by atoms with van der Waals surface area (Å²) in [5.41, 5.74) is 1.24. The topological polar surface area (TPSA) is 70.9 Å². The highest BCUT2D eigenvalue weighted by Gasteiger charge is 2.34. The van der Waals surface area contributed by atoms with Crippen LogP contribution in [0.2, 0.25) is 0 Å². The van der Waals surface area contributed by atoms with Crippen LogP contribution in [0, 0.1) is 0 Å². The summed E-state index contributed by atoms with van der Waals surface area (Å²) < 4.78 is 27.1. The van der Waals surface area contributed by atoms with E-state index >= 15 is 0 Å². The molecule has 0 aliphatic carbocycles. The molecular formula is C23H32N3O3S+. The number of carbonyl (C=O) groups excluding carboxylic acids is 1. The number of rotatable bonds is 8. The van der Waals surface area contributed by atoms with E-state index in [1.54, 1.807) is 24.3 Å². The van der Waals surface area contributed by atoms with Crippen LogP contribution in [0.1, 0.15) is 31.7 Å². The zero-order valence-corrected chi connectivity index (χ0v) is 18.6. The first-order chi connectivity index (χ1) is 14.4. The second-order valence-electron chi connectivity index (χ2n) is 7.86. The number of nitrogens with one attached hydrogen (secondary N) is 2. The molecule has 1 saturated heterocycles. The molecule has 2 aromatic carbocycles. The van der Waals surface area contributed by atoms with Gasteiger partial charge in [0.2, 0.25) is 10.0 Å². The van der Waals surface area contributed by atoms with Crippen LogP contribution in [-0.2, 0) is 14.8 Å². The van der Waals surface area contributed by atoms with E-state index in [1.807, 2.05) is 31.2 Å². The maximum Gasteiger partial charge on any atom is 0.278 e. The zero-order valence-electron chi connectivity index (χ0n) is 17.8. The lowest BCUT2D eigenvalue weighted by Crippen LogP contribution is -3.19. The highest BCUT2D eigenvalue weighted by Crippen LogP contribution is 2.18. The summed E-state index contributed by atoms with van der Waals surface area (Å²) in [5, 5.41) is 3.10. The first kappa shape index (κ1) is 22.5. The second-order valence-corrected chi connectivity index (χ2v) is 9.80. The lowest BCUT2D eigenvalue weighted by molar-refractivity contribution is -0.917. The third-order valence-corrected chi connectivity index (χ3v) is 7.95. The van der Waals surface area contributed by atoms with Crippen molar-refractivity contribution in [3.63, 3.8) is 0 Å². The van der Waals surface area contributed by atoms with Gasteiger partial charge in [-0.05, 0) is 31.0 Å². The van der Waals surface area contributed by atoms with E-state index < -0.39 is 10.0 Å². The predicted molar refractivity (Wildman–Crippen MR) is 118 cm³/mol. The van der Waals surface area contributed by atoms with Gasteiger partial charge in [0.05, 0.1) is 31.1 Å². The fourth-order valence-electron chi connectivity index (χ4n) is 3.97. The fourth-order valence-corrected chi connectivity index (χ4v) is 5.44. The van der Waals surface area contributed by atoms with Gasteiger partial charge < -0.3 is 10.2 Å². The molecule has 1 aliphatic rings. The Morgan fingerprint density at radius 2 is 1.60 bits per heavy atom. The molecule has 0 bridgehead atoms. The summed E-state index contributed by atoms with van der Waals surface area (Å²) in [6.45, 7) is 6.76. The van der Waals surface area contributed by atoms with Gasteiger partial charge >= 0.3 is 0 Å². The number of nitrogens with zero attached hydrogens (tertiary/aromatic N) is 1. The standard InChI is InChI=1S/C23H31N3O3S/c1-3-20(21-10-6-4-7-11-21)18-24-23(27)19(2)25-14-16-26(17-15-25)30(28,29)22-12-8-5-9-13-22/h4-13,19-20H,3,14-18H2,1-2H3,(H,24,27)/p+1/t19-,20-/m1/s1. The number of sulfonamides is 1. The van der Waals surface area contributed by atoms with Crippen LogP contribution in [0.4, 0.5) is 0 Å². The van der Waals surface area contributed by atoms with E-state index in [-0.39, 0.29) is 11.9 Å². The van der Waals surface area contributed by atoms with Crippen LogP contribution in [-0.4, -0.2) is 57.4 Å². The van der Waals surface area contributed by atoms with Crippen molar-refractivity contribution in [3.8, 4) is 0 Å². The molecule has 0 spiro atoms. The summed E-state index contributed by atoms with van der Waals surface area (Å²) in [6.07, 6.45) is 0.960. The van der Waals surface area contributed by atoms with Crippen LogP contribution in [0.15, 0.2) is 65.6 Å². The predicted octanol–water partition coefficient (Wildman–Crippen LogP) is 1.27. The van der Waals surface area contributed by atoms with E-state index in [0.29, 0.717) is 43.5 Å². The van der Waals surface area contributed by atoms with E-state index in [2.05, 4.69) is 24.4 Å². The Hall–Kier alpha value is -2.22. The molecule has 162 valence electrons. The quantitative estimate of drug-likeness (QED) is 0.663. The second kappa shape index (κ2) is 10.2. The van der Waals surface area contributed by atoms with Crippen LogP contribution in [0.5, 0.6) is 0 Å². The molecule has 0 aromatic heterocycles. The Kier molecular flexibility index (Phi) is 7.64. The third kappa shape index (κ3) is 5.28.